The highest BCUT2D eigenvalue weighted by Gasteiger charge is 2.02. The summed E-state index contributed by atoms with van der Waals surface area (Å²) in [5.74, 6) is -0.422. The normalized spacial score (nSPS) is 12.6. The average molecular weight is 220 g/mol. The van der Waals surface area contributed by atoms with E-state index in [0.29, 0.717) is 13.0 Å². The molecule has 0 aliphatic carbocycles. The van der Waals surface area contributed by atoms with E-state index >= 15 is 0 Å². The lowest BCUT2D eigenvalue weighted by molar-refractivity contribution is -0.137. The molecule has 3 nitrogen and oxygen atoms in total. The first-order valence-electron chi connectivity index (χ1n) is 5.29. The Morgan fingerprint density at radius 3 is 2.75 bits per heavy atom. The fourth-order valence-electron chi connectivity index (χ4n) is 1.30. The fourth-order valence-corrected chi connectivity index (χ4v) is 1.30. The highest BCUT2D eigenvalue weighted by atomic mass is 16.5. The number of carbonyl (C=O) groups is 1. The minimum Gasteiger partial charge on any atom is -0.463 e. The number of ether oxygens (including phenoxy) is 1. The van der Waals surface area contributed by atoms with Crippen LogP contribution in [0.4, 0.5) is 0 Å². The summed E-state index contributed by atoms with van der Waals surface area (Å²) >= 11 is 0. The first-order valence-corrected chi connectivity index (χ1v) is 5.29. The topological polar surface area (TPSA) is 46.5 Å². The maximum Gasteiger partial charge on any atom is 0.330 e. The average Bonchev–Trinajstić information content (AvgIpc) is 2.28. The van der Waals surface area contributed by atoms with Crippen molar-refractivity contribution in [3.8, 4) is 0 Å². The van der Waals surface area contributed by atoms with E-state index in [0.717, 1.165) is 5.56 Å². The van der Waals surface area contributed by atoms with Crippen molar-refractivity contribution < 1.29 is 14.6 Å². The van der Waals surface area contributed by atoms with E-state index in [4.69, 9.17) is 4.74 Å². The standard InChI is InChI=1S/C13H16O3/c1-2-16-13(15)9-8-12(14)10-11-6-4-3-5-7-11/h3-9,12,14H,2,10H2,1H3/b9-8+/t12-/m1/s1. The van der Waals surface area contributed by atoms with Crippen LogP contribution in [0.15, 0.2) is 42.5 Å². The van der Waals surface area contributed by atoms with Gasteiger partial charge in [0.1, 0.15) is 0 Å². The predicted octanol–water partition coefficient (Wildman–Crippen LogP) is 1.71. The van der Waals surface area contributed by atoms with E-state index in [2.05, 4.69) is 0 Å². The third kappa shape index (κ3) is 4.75. The molecular formula is C13H16O3. The van der Waals surface area contributed by atoms with Gasteiger partial charge in [0.25, 0.3) is 0 Å². The van der Waals surface area contributed by atoms with Crippen LogP contribution in [0.5, 0.6) is 0 Å². The van der Waals surface area contributed by atoms with E-state index in [1.54, 1.807) is 6.92 Å². The van der Waals surface area contributed by atoms with Crippen molar-refractivity contribution in [2.75, 3.05) is 6.61 Å². The molecule has 0 bridgehead atoms. The smallest absolute Gasteiger partial charge is 0.330 e. The Morgan fingerprint density at radius 2 is 2.12 bits per heavy atom. The highest BCUT2D eigenvalue weighted by Crippen LogP contribution is 2.03. The van der Waals surface area contributed by atoms with Crippen LogP contribution in [0.2, 0.25) is 0 Å². The quantitative estimate of drug-likeness (QED) is 0.607. The molecular weight excluding hydrogens is 204 g/mol. The summed E-state index contributed by atoms with van der Waals surface area (Å²) in [4.78, 5) is 11.0. The molecule has 1 rings (SSSR count). The van der Waals surface area contributed by atoms with Gasteiger partial charge in [-0.1, -0.05) is 30.3 Å². The third-order valence-electron chi connectivity index (χ3n) is 2.03. The number of hydrogen-bond acceptors (Lipinski definition) is 3. The van der Waals surface area contributed by atoms with Gasteiger partial charge in [-0.2, -0.15) is 0 Å². The molecule has 0 radical (unpaired) electrons. The Bertz CT molecular complexity index is 343. The lowest BCUT2D eigenvalue weighted by Crippen LogP contribution is -2.08. The second-order valence-electron chi connectivity index (χ2n) is 3.37. The van der Waals surface area contributed by atoms with E-state index in [1.165, 1.54) is 12.2 Å². The van der Waals surface area contributed by atoms with Crippen LogP contribution < -0.4 is 0 Å². The van der Waals surface area contributed by atoms with Gasteiger partial charge in [0.15, 0.2) is 0 Å². The Labute approximate surface area is 95.4 Å². The van der Waals surface area contributed by atoms with Crippen molar-refractivity contribution in [2.45, 2.75) is 19.4 Å². The summed E-state index contributed by atoms with van der Waals surface area (Å²) in [6.45, 7) is 2.09. The summed E-state index contributed by atoms with van der Waals surface area (Å²) < 4.78 is 4.71. The molecule has 86 valence electrons. The Balaban J connectivity index is 2.41. The summed E-state index contributed by atoms with van der Waals surface area (Å²) in [7, 11) is 0. The van der Waals surface area contributed by atoms with E-state index in [1.807, 2.05) is 30.3 Å². The van der Waals surface area contributed by atoms with Gasteiger partial charge in [-0.05, 0) is 18.6 Å². The van der Waals surface area contributed by atoms with Gasteiger partial charge >= 0.3 is 5.97 Å². The molecule has 0 aliphatic rings. The molecule has 1 aromatic rings. The molecule has 0 saturated heterocycles. The molecule has 0 spiro atoms. The molecule has 1 N–H and O–H groups in total. The zero-order chi connectivity index (χ0) is 11.8. The maximum absolute atomic E-state index is 11.0. The summed E-state index contributed by atoms with van der Waals surface area (Å²) in [5, 5.41) is 9.63. The zero-order valence-corrected chi connectivity index (χ0v) is 9.30. The van der Waals surface area contributed by atoms with Crippen LogP contribution in [0.3, 0.4) is 0 Å². The second kappa shape index (κ2) is 6.80. The number of rotatable bonds is 5. The predicted molar refractivity (Wildman–Crippen MR) is 61.9 cm³/mol. The zero-order valence-electron chi connectivity index (χ0n) is 9.30. The Morgan fingerprint density at radius 1 is 1.44 bits per heavy atom. The number of hydrogen-bond donors (Lipinski definition) is 1. The van der Waals surface area contributed by atoms with E-state index in [-0.39, 0.29) is 0 Å². The SMILES string of the molecule is CCOC(=O)/C=C/[C@@H](O)Cc1ccccc1. The molecule has 1 atom stereocenters. The summed E-state index contributed by atoms with van der Waals surface area (Å²) in [6, 6.07) is 9.61. The van der Waals surface area contributed by atoms with Gasteiger partial charge in [0, 0.05) is 12.5 Å². The van der Waals surface area contributed by atoms with Crippen molar-refractivity contribution >= 4 is 5.97 Å². The molecule has 0 aliphatic heterocycles. The van der Waals surface area contributed by atoms with Crippen molar-refractivity contribution in [1.82, 2.24) is 0 Å². The van der Waals surface area contributed by atoms with Crippen LogP contribution in [0, 0.1) is 0 Å². The minimum absolute atomic E-state index is 0.345. The lowest BCUT2D eigenvalue weighted by atomic mass is 10.1. The number of benzene rings is 1. The van der Waals surface area contributed by atoms with Gasteiger partial charge in [0.05, 0.1) is 12.7 Å². The van der Waals surface area contributed by atoms with Crippen LogP contribution in [0.25, 0.3) is 0 Å². The monoisotopic (exact) mass is 220 g/mol. The summed E-state index contributed by atoms with van der Waals surface area (Å²) in [5.41, 5.74) is 1.03. The van der Waals surface area contributed by atoms with Crippen LogP contribution in [0.1, 0.15) is 12.5 Å². The number of aliphatic hydroxyl groups excluding tert-OH is 1. The molecule has 0 heterocycles. The minimum atomic E-state index is -0.660. The number of esters is 1. The fraction of sp³-hybridized carbons (Fsp3) is 0.308. The van der Waals surface area contributed by atoms with Crippen molar-refractivity contribution in [1.29, 1.82) is 0 Å². The van der Waals surface area contributed by atoms with Gasteiger partial charge in [0.2, 0.25) is 0 Å². The molecule has 0 amide bonds. The Kier molecular flexibility index (Phi) is 5.29. The molecule has 0 aromatic heterocycles. The molecule has 0 saturated carbocycles. The molecule has 0 fully saturated rings. The molecule has 16 heavy (non-hydrogen) atoms. The largest absolute Gasteiger partial charge is 0.463 e. The van der Waals surface area contributed by atoms with Crippen molar-refractivity contribution in [3.63, 3.8) is 0 Å². The second-order valence-corrected chi connectivity index (χ2v) is 3.37. The molecule has 0 unspecified atom stereocenters. The van der Waals surface area contributed by atoms with E-state index < -0.39 is 12.1 Å². The Hall–Kier alpha value is -1.61. The first-order chi connectivity index (χ1) is 7.72. The number of aliphatic hydroxyl groups is 1. The van der Waals surface area contributed by atoms with Crippen LogP contribution in [-0.2, 0) is 16.0 Å². The van der Waals surface area contributed by atoms with Gasteiger partial charge < -0.3 is 9.84 Å². The van der Waals surface area contributed by atoms with Crippen LogP contribution >= 0.6 is 0 Å². The van der Waals surface area contributed by atoms with Crippen molar-refractivity contribution in [2.24, 2.45) is 0 Å². The summed E-state index contributed by atoms with van der Waals surface area (Å²) in [6.07, 6.45) is 2.55. The maximum atomic E-state index is 11.0. The first kappa shape index (κ1) is 12.5. The third-order valence-corrected chi connectivity index (χ3v) is 2.03. The van der Waals surface area contributed by atoms with Gasteiger partial charge in [-0.25, -0.2) is 4.79 Å². The highest BCUT2D eigenvalue weighted by molar-refractivity contribution is 5.81. The lowest BCUT2D eigenvalue weighted by Gasteiger charge is -2.05. The van der Waals surface area contributed by atoms with Gasteiger partial charge in [-0.3, -0.25) is 0 Å². The van der Waals surface area contributed by atoms with Gasteiger partial charge in [-0.15, -0.1) is 0 Å². The van der Waals surface area contributed by atoms with Crippen LogP contribution in [-0.4, -0.2) is 23.8 Å². The molecule has 3 heteroatoms. The van der Waals surface area contributed by atoms with E-state index in [9.17, 15) is 9.90 Å². The molecule has 1 aromatic carbocycles. The van der Waals surface area contributed by atoms with Crippen molar-refractivity contribution in [3.05, 3.63) is 48.0 Å². The number of carbonyl (C=O) groups excluding carboxylic acids is 1.